The van der Waals surface area contributed by atoms with Crippen LogP contribution in [0.5, 0.6) is 0 Å². The maximum absolute atomic E-state index is 12.4. The third kappa shape index (κ3) is 2.77. The van der Waals surface area contributed by atoms with Gasteiger partial charge in [-0.15, -0.1) is 0 Å². The second-order valence-electron chi connectivity index (χ2n) is 6.55. The van der Waals surface area contributed by atoms with E-state index in [1.54, 1.807) is 27.7 Å². The van der Waals surface area contributed by atoms with Crippen molar-refractivity contribution in [1.82, 2.24) is 4.90 Å². The van der Waals surface area contributed by atoms with Gasteiger partial charge in [0.15, 0.2) is 0 Å². The number of aliphatic hydroxyl groups excluding tert-OH is 1. The van der Waals surface area contributed by atoms with Gasteiger partial charge in [-0.05, 0) is 34.1 Å². The van der Waals surface area contributed by atoms with Crippen LogP contribution in [0.4, 0.5) is 4.79 Å². The van der Waals surface area contributed by atoms with Crippen LogP contribution in [0.3, 0.4) is 0 Å². The van der Waals surface area contributed by atoms with Crippen molar-refractivity contribution in [3.8, 4) is 0 Å². The minimum Gasteiger partial charge on any atom is -0.464 e. The number of hydrogen-bond acceptors (Lipinski definition) is 5. The molecule has 1 fully saturated rings. The largest absolute Gasteiger partial charge is 0.464 e. The zero-order valence-corrected chi connectivity index (χ0v) is 13.0. The molecular formula is C15H23NO5. The van der Waals surface area contributed by atoms with E-state index in [4.69, 9.17) is 9.47 Å². The highest BCUT2D eigenvalue weighted by atomic mass is 16.6. The van der Waals surface area contributed by atoms with Crippen LogP contribution in [0.15, 0.2) is 12.2 Å². The van der Waals surface area contributed by atoms with E-state index in [-0.39, 0.29) is 19.3 Å². The Kier molecular flexibility index (Phi) is 4.02. The molecular weight excluding hydrogens is 274 g/mol. The lowest BCUT2D eigenvalue weighted by Crippen LogP contribution is -2.51. The number of rotatable bonds is 3. The number of carbonyl (C=O) groups excluding carboxylic acids is 2. The average Bonchev–Trinajstić information content (AvgIpc) is 2.57. The topological polar surface area (TPSA) is 76.1 Å². The normalized spacial score (nSPS) is 30.6. The molecule has 1 heterocycles. The van der Waals surface area contributed by atoms with Crippen LogP contribution in [-0.2, 0) is 14.3 Å². The van der Waals surface area contributed by atoms with Crippen molar-refractivity contribution < 1.29 is 24.2 Å². The van der Waals surface area contributed by atoms with Gasteiger partial charge in [-0.2, -0.15) is 0 Å². The molecule has 1 aliphatic heterocycles. The summed E-state index contributed by atoms with van der Waals surface area (Å²) in [6.45, 7) is 7.19. The number of fused-ring (bicyclic) bond motifs is 1. The van der Waals surface area contributed by atoms with Crippen molar-refractivity contribution in [3.05, 3.63) is 12.2 Å². The Morgan fingerprint density at radius 2 is 2.10 bits per heavy atom. The Morgan fingerprint density at radius 1 is 1.43 bits per heavy atom. The third-order valence-electron chi connectivity index (χ3n) is 3.87. The first-order valence-corrected chi connectivity index (χ1v) is 7.22. The van der Waals surface area contributed by atoms with Crippen molar-refractivity contribution in [1.29, 1.82) is 0 Å². The van der Waals surface area contributed by atoms with Crippen LogP contribution < -0.4 is 0 Å². The smallest absolute Gasteiger partial charge is 0.411 e. The number of amides is 1. The molecule has 1 saturated heterocycles. The predicted octanol–water partition coefficient (Wildman–Crippen LogP) is 1.48. The highest BCUT2D eigenvalue weighted by Crippen LogP contribution is 2.49. The summed E-state index contributed by atoms with van der Waals surface area (Å²) in [6.07, 6.45) is 3.49. The first-order valence-electron chi connectivity index (χ1n) is 7.22. The Bertz CT molecular complexity index is 467. The number of likely N-dealkylation sites (tertiary alicyclic amines) is 1. The second-order valence-corrected chi connectivity index (χ2v) is 6.55. The fourth-order valence-corrected chi connectivity index (χ4v) is 2.87. The van der Waals surface area contributed by atoms with Gasteiger partial charge in [0.05, 0.1) is 19.3 Å². The summed E-state index contributed by atoms with van der Waals surface area (Å²) in [5.74, 6) is -0.451. The number of ether oxygens (including phenoxy) is 2. The molecule has 1 amide bonds. The number of esters is 1. The standard InChI is InChI=1S/C15H23NO5/c1-5-20-12(18)10-8-15(9-17)7-6-11(15)16(10)13(19)21-14(2,3)4/h6-7,10-11,17H,5,8-9H2,1-4H3/t10-,11+,15+/m0/s1. The highest BCUT2D eigenvalue weighted by Gasteiger charge is 2.58. The Labute approximate surface area is 124 Å². The quantitative estimate of drug-likeness (QED) is 0.630. The molecule has 0 aromatic carbocycles. The number of carbonyl (C=O) groups is 2. The number of aliphatic hydroxyl groups is 1. The maximum atomic E-state index is 12.4. The molecule has 2 aliphatic rings. The lowest BCUT2D eigenvalue weighted by molar-refractivity contribution is -0.148. The highest BCUT2D eigenvalue weighted by molar-refractivity contribution is 5.83. The van der Waals surface area contributed by atoms with E-state index in [0.29, 0.717) is 6.42 Å². The van der Waals surface area contributed by atoms with Crippen LogP contribution >= 0.6 is 0 Å². The van der Waals surface area contributed by atoms with Gasteiger partial charge in [0.2, 0.25) is 0 Å². The van der Waals surface area contributed by atoms with Gasteiger partial charge < -0.3 is 14.6 Å². The molecule has 6 heteroatoms. The minimum atomic E-state index is -0.716. The predicted molar refractivity (Wildman–Crippen MR) is 75.6 cm³/mol. The van der Waals surface area contributed by atoms with E-state index in [0.717, 1.165) is 0 Å². The summed E-state index contributed by atoms with van der Waals surface area (Å²) in [7, 11) is 0. The molecule has 118 valence electrons. The van der Waals surface area contributed by atoms with Gasteiger partial charge in [0.25, 0.3) is 0 Å². The van der Waals surface area contributed by atoms with Crippen LogP contribution in [0.25, 0.3) is 0 Å². The fraction of sp³-hybridized carbons (Fsp3) is 0.733. The van der Waals surface area contributed by atoms with Crippen LogP contribution in [0.2, 0.25) is 0 Å². The molecule has 0 unspecified atom stereocenters. The molecule has 6 nitrogen and oxygen atoms in total. The zero-order chi connectivity index (χ0) is 15.8. The van der Waals surface area contributed by atoms with E-state index in [2.05, 4.69) is 0 Å². The monoisotopic (exact) mass is 297 g/mol. The van der Waals surface area contributed by atoms with Crippen molar-refractivity contribution in [2.24, 2.45) is 5.41 Å². The molecule has 0 radical (unpaired) electrons. The van der Waals surface area contributed by atoms with Crippen molar-refractivity contribution in [3.63, 3.8) is 0 Å². The summed E-state index contributed by atoms with van der Waals surface area (Å²) < 4.78 is 10.4. The summed E-state index contributed by atoms with van der Waals surface area (Å²) in [4.78, 5) is 25.9. The van der Waals surface area contributed by atoms with Crippen LogP contribution in [0.1, 0.15) is 34.1 Å². The van der Waals surface area contributed by atoms with E-state index < -0.39 is 29.1 Å². The lowest BCUT2D eigenvalue weighted by Gasteiger charge is -2.39. The van der Waals surface area contributed by atoms with E-state index in [9.17, 15) is 14.7 Å². The van der Waals surface area contributed by atoms with Crippen LogP contribution in [0, 0.1) is 5.41 Å². The molecule has 1 aliphatic carbocycles. The van der Waals surface area contributed by atoms with E-state index in [1.165, 1.54) is 4.90 Å². The van der Waals surface area contributed by atoms with E-state index in [1.807, 2.05) is 12.2 Å². The molecule has 2 rings (SSSR count). The fourth-order valence-electron chi connectivity index (χ4n) is 2.87. The van der Waals surface area contributed by atoms with Crippen molar-refractivity contribution in [2.75, 3.05) is 13.2 Å². The molecule has 0 aromatic rings. The Hall–Kier alpha value is -1.56. The maximum Gasteiger partial charge on any atom is 0.411 e. The molecule has 1 N–H and O–H groups in total. The SMILES string of the molecule is CCOC(=O)[C@@H]1C[C@@]2(CO)C=C[C@H]2N1C(=O)OC(C)(C)C. The minimum absolute atomic E-state index is 0.108. The van der Waals surface area contributed by atoms with Gasteiger partial charge in [-0.3, -0.25) is 4.90 Å². The Balaban J connectivity index is 2.23. The zero-order valence-electron chi connectivity index (χ0n) is 13.0. The number of nitrogens with zero attached hydrogens (tertiary/aromatic N) is 1. The van der Waals surface area contributed by atoms with Crippen molar-refractivity contribution >= 4 is 12.1 Å². The molecule has 0 aromatic heterocycles. The lowest BCUT2D eigenvalue weighted by atomic mass is 9.72. The summed E-state index contributed by atoms with van der Waals surface area (Å²) in [5, 5.41) is 9.63. The molecule has 0 spiro atoms. The number of hydrogen-bond donors (Lipinski definition) is 1. The third-order valence-corrected chi connectivity index (χ3v) is 3.87. The van der Waals surface area contributed by atoms with Crippen molar-refractivity contribution in [2.45, 2.75) is 51.8 Å². The van der Waals surface area contributed by atoms with E-state index >= 15 is 0 Å². The first-order chi connectivity index (χ1) is 9.74. The van der Waals surface area contributed by atoms with Gasteiger partial charge in [0.1, 0.15) is 11.6 Å². The summed E-state index contributed by atoms with van der Waals surface area (Å²) in [6, 6.07) is -1.03. The molecule has 0 bridgehead atoms. The van der Waals surface area contributed by atoms with Gasteiger partial charge in [-0.1, -0.05) is 12.2 Å². The summed E-state index contributed by atoms with van der Waals surface area (Å²) >= 11 is 0. The van der Waals surface area contributed by atoms with Crippen LogP contribution in [-0.4, -0.2) is 53.0 Å². The average molecular weight is 297 g/mol. The Morgan fingerprint density at radius 3 is 2.52 bits per heavy atom. The molecule has 3 atom stereocenters. The second kappa shape index (κ2) is 5.33. The first kappa shape index (κ1) is 15.8. The van der Waals surface area contributed by atoms with Gasteiger partial charge >= 0.3 is 12.1 Å². The summed E-state index contributed by atoms with van der Waals surface area (Å²) in [5.41, 5.74) is -1.19. The molecule has 0 saturated carbocycles. The molecule has 21 heavy (non-hydrogen) atoms. The van der Waals surface area contributed by atoms with Gasteiger partial charge in [-0.25, -0.2) is 9.59 Å². The van der Waals surface area contributed by atoms with Gasteiger partial charge in [0, 0.05) is 5.41 Å².